The molecule has 1 amide bonds. The molecule has 2 aromatic carbocycles. The molecule has 0 spiro atoms. The standard InChI is InChI=1S/C24H24ClN5O2S/c1-4-12-29-23(32)19-11-10-17(25)13-20(19)26-24(29)33-14-21(31)27-22-15(2)28-30(16(22)3)18-8-6-5-7-9-18/h5-11,13H,4,12,14H2,1-3H3,(H,27,31). The Morgan fingerprint density at radius 1 is 1.15 bits per heavy atom. The van der Waals surface area contributed by atoms with Gasteiger partial charge in [-0.3, -0.25) is 14.2 Å². The average molecular weight is 482 g/mol. The molecule has 7 nitrogen and oxygen atoms in total. The van der Waals surface area contributed by atoms with E-state index in [1.165, 1.54) is 11.8 Å². The van der Waals surface area contributed by atoms with E-state index < -0.39 is 0 Å². The van der Waals surface area contributed by atoms with Gasteiger partial charge in [-0.05, 0) is 50.6 Å². The van der Waals surface area contributed by atoms with Crippen molar-refractivity contribution in [3.8, 4) is 5.69 Å². The third kappa shape index (κ3) is 4.82. The quantitative estimate of drug-likeness (QED) is 0.297. The smallest absolute Gasteiger partial charge is 0.262 e. The maximum absolute atomic E-state index is 13.0. The summed E-state index contributed by atoms with van der Waals surface area (Å²) in [5, 5.41) is 9.07. The van der Waals surface area contributed by atoms with Gasteiger partial charge in [0.05, 0.1) is 39.4 Å². The van der Waals surface area contributed by atoms with E-state index in [-0.39, 0.29) is 17.2 Å². The molecule has 1 N–H and O–H groups in total. The Labute approximate surface area is 200 Å². The highest BCUT2D eigenvalue weighted by Crippen LogP contribution is 2.24. The minimum absolute atomic E-state index is 0.109. The van der Waals surface area contributed by atoms with Gasteiger partial charge < -0.3 is 5.32 Å². The molecule has 4 aromatic rings. The number of aryl methyl sites for hydroxylation is 1. The van der Waals surface area contributed by atoms with Crippen LogP contribution in [0, 0.1) is 13.8 Å². The second kappa shape index (κ2) is 9.80. The fourth-order valence-corrected chi connectivity index (χ4v) is 4.65. The van der Waals surface area contributed by atoms with E-state index in [1.807, 2.05) is 55.8 Å². The fourth-order valence-electron chi connectivity index (χ4n) is 3.65. The number of hydrogen-bond donors (Lipinski definition) is 1. The van der Waals surface area contributed by atoms with Crippen LogP contribution >= 0.6 is 23.4 Å². The Kier molecular flexibility index (Phi) is 6.85. The van der Waals surface area contributed by atoms with Crippen LogP contribution in [-0.2, 0) is 11.3 Å². The van der Waals surface area contributed by atoms with E-state index in [4.69, 9.17) is 11.6 Å². The molecule has 170 valence electrons. The molecule has 4 rings (SSSR count). The molecular formula is C24H24ClN5O2S. The molecule has 0 saturated carbocycles. The number of hydrogen-bond acceptors (Lipinski definition) is 5. The molecule has 0 aliphatic carbocycles. The lowest BCUT2D eigenvalue weighted by Crippen LogP contribution is -2.24. The van der Waals surface area contributed by atoms with Crippen molar-refractivity contribution >= 4 is 45.9 Å². The SMILES string of the molecule is CCCn1c(SCC(=O)Nc2c(C)nn(-c3ccccc3)c2C)nc2cc(Cl)ccc2c1=O. The van der Waals surface area contributed by atoms with Crippen molar-refractivity contribution in [1.82, 2.24) is 19.3 Å². The van der Waals surface area contributed by atoms with Crippen LogP contribution in [0.15, 0.2) is 58.5 Å². The number of aromatic nitrogens is 4. The zero-order chi connectivity index (χ0) is 23.5. The molecule has 9 heteroatoms. The molecule has 0 aliphatic rings. The number of thioether (sulfide) groups is 1. The summed E-state index contributed by atoms with van der Waals surface area (Å²) < 4.78 is 3.43. The molecule has 2 heterocycles. The van der Waals surface area contributed by atoms with Crippen LogP contribution in [0.5, 0.6) is 0 Å². The third-order valence-corrected chi connectivity index (χ3v) is 6.43. The van der Waals surface area contributed by atoms with E-state index >= 15 is 0 Å². The number of carbonyl (C=O) groups is 1. The molecular weight excluding hydrogens is 458 g/mol. The molecule has 0 radical (unpaired) electrons. The van der Waals surface area contributed by atoms with Crippen molar-refractivity contribution in [2.75, 3.05) is 11.1 Å². The minimum atomic E-state index is -0.192. The maximum atomic E-state index is 13.0. The summed E-state index contributed by atoms with van der Waals surface area (Å²) in [6.45, 7) is 6.30. The van der Waals surface area contributed by atoms with Crippen molar-refractivity contribution in [2.24, 2.45) is 0 Å². The zero-order valence-corrected chi connectivity index (χ0v) is 20.2. The first kappa shape index (κ1) is 23.1. The molecule has 0 unspecified atom stereocenters. The number of nitrogens with zero attached hydrogens (tertiary/aromatic N) is 4. The van der Waals surface area contributed by atoms with E-state index in [2.05, 4.69) is 15.4 Å². The van der Waals surface area contributed by atoms with Crippen LogP contribution in [0.1, 0.15) is 24.7 Å². The summed E-state index contributed by atoms with van der Waals surface area (Å²) >= 11 is 7.32. The lowest BCUT2D eigenvalue weighted by molar-refractivity contribution is -0.113. The number of para-hydroxylation sites is 1. The summed E-state index contributed by atoms with van der Waals surface area (Å²) in [5.41, 5.74) is 3.59. The van der Waals surface area contributed by atoms with Gasteiger partial charge in [0.25, 0.3) is 5.56 Å². The van der Waals surface area contributed by atoms with Gasteiger partial charge >= 0.3 is 0 Å². The van der Waals surface area contributed by atoms with Crippen LogP contribution in [0.4, 0.5) is 5.69 Å². The van der Waals surface area contributed by atoms with Gasteiger partial charge in [-0.15, -0.1) is 0 Å². The van der Waals surface area contributed by atoms with Gasteiger partial charge in [-0.25, -0.2) is 9.67 Å². The third-order valence-electron chi connectivity index (χ3n) is 5.22. The van der Waals surface area contributed by atoms with Crippen LogP contribution in [0.2, 0.25) is 5.02 Å². The van der Waals surface area contributed by atoms with Gasteiger partial charge in [0.2, 0.25) is 5.91 Å². The average Bonchev–Trinajstić information content (AvgIpc) is 3.08. The van der Waals surface area contributed by atoms with E-state index in [1.54, 1.807) is 22.8 Å². The molecule has 0 fully saturated rings. The van der Waals surface area contributed by atoms with Crippen molar-refractivity contribution in [3.63, 3.8) is 0 Å². The number of fused-ring (bicyclic) bond motifs is 1. The molecule has 33 heavy (non-hydrogen) atoms. The van der Waals surface area contributed by atoms with Gasteiger partial charge in [-0.1, -0.05) is 48.5 Å². The number of halogens is 1. The van der Waals surface area contributed by atoms with Crippen molar-refractivity contribution in [3.05, 3.63) is 75.3 Å². The van der Waals surface area contributed by atoms with Crippen LogP contribution < -0.4 is 10.9 Å². The number of rotatable bonds is 7. The normalized spacial score (nSPS) is 11.2. The number of amides is 1. The minimum Gasteiger partial charge on any atom is -0.322 e. The molecule has 0 bridgehead atoms. The monoisotopic (exact) mass is 481 g/mol. The predicted molar refractivity (Wildman–Crippen MR) is 134 cm³/mol. The van der Waals surface area contributed by atoms with Crippen LogP contribution in [0.3, 0.4) is 0 Å². The topological polar surface area (TPSA) is 81.8 Å². The van der Waals surface area contributed by atoms with E-state index in [9.17, 15) is 9.59 Å². The Hall–Kier alpha value is -3.10. The lowest BCUT2D eigenvalue weighted by Gasteiger charge is -2.12. The second-order valence-electron chi connectivity index (χ2n) is 7.64. The van der Waals surface area contributed by atoms with Gasteiger partial charge in [-0.2, -0.15) is 5.10 Å². The van der Waals surface area contributed by atoms with Crippen molar-refractivity contribution in [2.45, 2.75) is 38.9 Å². The highest BCUT2D eigenvalue weighted by molar-refractivity contribution is 7.99. The Balaban J connectivity index is 1.56. The van der Waals surface area contributed by atoms with E-state index in [0.717, 1.165) is 23.5 Å². The van der Waals surface area contributed by atoms with Gasteiger partial charge in [0.1, 0.15) is 0 Å². The summed E-state index contributed by atoms with van der Waals surface area (Å²) in [7, 11) is 0. The first-order valence-electron chi connectivity index (χ1n) is 10.6. The highest BCUT2D eigenvalue weighted by atomic mass is 35.5. The Bertz CT molecular complexity index is 1380. The summed E-state index contributed by atoms with van der Waals surface area (Å²) in [6, 6.07) is 14.8. The molecule has 0 atom stereocenters. The van der Waals surface area contributed by atoms with Gasteiger partial charge in [0, 0.05) is 11.6 Å². The summed E-state index contributed by atoms with van der Waals surface area (Å²) in [5.74, 6) is -0.0836. The maximum Gasteiger partial charge on any atom is 0.262 e. The first-order chi connectivity index (χ1) is 15.9. The van der Waals surface area contributed by atoms with Crippen molar-refractivity contribution in [1.29, 1.82) is 0 Å². The lowest BCUT2D eigenvalue weighted by atomic mass is 10.2. The zero-order valence-electron chi connectivity index (χ0n) is 18.6. The van der Waals surface area contributed by atoms with Crippen LogP contribution in [-0.4, -0.2) is 31.0 Å². The van der Waals surface area contributed by atoms with Crippen molar-refractivity contribution < 1.29 is 4.79 Å². The number of carbonyl (C=O) groups excluding carboxylic acids is 1. The van der Waals surface area contributed by atoms with Gasteiger partial charge in [0.15, 0.2) is 5.16 Å². The Morgan fingerprint density at radius 2 is 1.91 bits per heavy atom. The molecule has 2 aromatic heterocycles. The highest BCUT2D eigenvalue weighted by Gasteiger charge is 2.17. The molecule has 0 aliphatic heterocycles. The Morgan fingerprint density at radius 3 is 2.64 bits per heavy atom. The van der Waals surface area contributed by atoms with Crippen LogP contribution in [0.25, 0.3) is 16.6 Å². The molecule has 0 saturated heterocycles. The first-order valence-corrected chi connectivity index (χ1v) is 12.0. The summed E-state index contributed by atoms with van der Waals surface area (Å²) in [4.78, 5) is 30.4. The second-order valence-corrected chi connectivity index (χ2v) is 9.02. The van der Waals surface area contributed by atoms with E-state index in [0.29, 0.717) is 33.3 Å². The number of nitrogens with one attached hydrogen (secondary N) is 1. The summed E-state index contributed by atoms with van der Waals surface area (Å²) in [6.07, 6.45) is 0.775. The number of anilines is 1. The fraction of sp³-hybridized carbons (Fsp3) is 0.250. The number of benzene rings is 2. The predicted octanol–water partition coefficient (Wildman–Crippen LogP) is 4.99. The largest absolute Gasteiger partial charge is 0.322 e.